The van der Waals surface area contributed by atoms with Gasteiger partial charge in [-0.1, -0.05) is 35.9 Å². The van der Waals surface area contributed by atoms with E-state index in [0.717, 1.165) is 5.56 Å². The fraction of sp³-hybridized carbons (Fsp3) is 0.167. The third-order valence-corrected chi connectivity index (χ3v) is 3.98. The number of benzene rings is 2. The van der Waals surface area contributed by atoms with Gasteiger partial charge in [0.1, 0.15) is 5.71 Å². The van der Waals surface area contributed by atoms with Gasteiger partial charge in [-0.15, -0.1) is 0 Å². The van der Waals surface area contributed by atoms with E-state index in [9.17, 15) is 9.59 Å². The SMILES string of the molecule is Cc1ccc(NC(=O)C2=NN(c3ccccc3)C(=O)CC2)c(Cl)c1. The summed E-state index contributed by atoms with van der Waals surface area (Å²) in [6, 6.07) is 14.4. The maximum Gasteiger partial charge on any atom is 0.271 e. The van der Waals surface area contributed by atoms with Gasteiger partial charge in [-0.2, -0.15) is 5.10 Å². The Morgan fingerprint density at radius 1 is 1.17 bits per heavy atom. The summed E-state index contributed by atoms with van der Waals surface area (Å²) in [5.41, 5.74) is 2.47. The molecule has 1 N–H and O–H groups in total. The van der Waals surface area contributed by atoms with Gasteiger partial charge >= 0.3 is 0 Å². The van der Waals surface area contributed by atoms with E-state index >= 15 is 0 Å². The van der Waals surface area contributed by atoms with Gasteiger partial charge in [-0.25, -0.2) is 5.01 Å². The number of nitrogens with zero attached hydrogens (tertiary/aromatic N) is 2. The molecule has 0 aromatic heterocycles. The second kappa shape index (κ2) is 6.84. The molecule has 0 saturated carbocycles. The van der Waals surface area contributed by atoms with Gasteiger partial charge in [0.2, 0.25) is 5.91 Å². The van der Waals surface area contributed by atoms with Crippen molar-refractivity contribution < 1.29 is 9.59 Å². The Hall–Kier alpha value is -2.66. The van der Waals surface area contributed by atoms with Crippen LogP contribution >= 0.6 is 11.6 Å². The Morgan fingerprint density at radius 3 is 2.62 bits per heavy atom. The van der Waals surface area contributed by atoms with E-state index in [1.54, 1.807) is 24.3 Å². The summed E-state index contributed by atoms with van der Waals surface area (Å²) in [7, 11) is 0. The van der Waals surface area contributed by atoms with Crippen LogP contribution in [0.5, 0.6) is 0 Å². The Balaban J connectivity index is 1.82. The molecule has 0 spiro atoms. The molecule has 24 heavy (non-hydrogen) atoms. The van der Waals surface area contributed by atoms with Gasteiger partial charge in [0.25, 0.3) is 5.91 Å². The first-order valence-corrected chi connectivity index (χ1v) is 7.95. The lowest BCUT2D eigenvalue weighted by molar-refractivity contribution is -0.118. The summed E-state index contributed by atoms with van der Waals surface area (Å²) in [5.74, 6) is -0.486. The van der Waals surface area contributed by atoms with Crippen LogP contribution in [-0.4, -0.2) is 17.5 Å². The van der Waals surface area contributed by atoms with Crippen molar-refractivity contribution in [3.05, 3.63) is 59.1 Å². The van der Waals surface area contributed by atoms with Crippen LogP contribution in [0.2, 0.25) is 5.02 Å². The number of hydrogen-bond acceptors (Lipinski definition) is 3. The van der Waals surface area contributed by atoms with Gasteiger partial charge in [0.05, 0.1) is 16.4 Å². The monoisotopic (exact) mass is 341 g/mol. The molecule has 122 valence electrons. The Kier molecular flexibility index (Phi) is 4.62. The molecule has 1 aliphatic heterocycles. The van der Waals surface area contributed by atoms with Crippen LogP contribution in [0, 0.1) is 6.92 Å². The van der Waals surface area contributed by atoms with E-state index in [1.807, 2.05) is 31.2 Å². The normalized spacial score (nSPS) is 14.3. The number of aryl methyl sites for hydroxylation is 1. The molecular weight excluding hydrogens is 326 g/mol. The maximum atomic E-state index is 12.4. The van der Waals surface area contributed by atoms with Crippen LogP contribution in [0.1, 0.15) is 18.4 Å². The average molecular weight is 342 g/mol. The predicted molar refractivity (Wildman–Crippen MR) is 95.4 cm³/mol. The Labute approximate surface area is 144 Å². The largest absolute Gasteiger partial charge is 0.320 e. The lowest BCUT2D eigenvalue weighted by Crippen LogP contribution is -2.36. The minimum Gasteiger partial charge on any atom is -0.320 e. The first-order valence-electron chi connectivity index (χ1n) is 7.57. The number of amides is 2. The van der Waals surface area contributed by atoms with Crippen molar-refractivity contribution in [3.8, 4) is 0 Å². The molecule has 3 rings (SSSR count). The number of halogens is 1. The highest BCUT2D eigenvalue weighted by atomic mass is 35.5. The maximum absolute atomic E-state index is 12.4. The van der Waals surface area contributed by atoms with Crippen LogP contribution < -0.4 is 10.3 Å². The molecule has 6 heteroatoms. The molecule has 1 aliphatic rings. The van der Waals surface area contributed by atoms with Crippen molar-refractivity contribution in [2.75, 3.05) is 10.3 Å². The number of anilines is 2. The van der Waals surface area contributed by atoms with Crippen molar-refractivity contribution >= 4 is 40.5 Å². The van der Waals surface area contributed by atoms with E-state index in [2.05, 4.69) is 10.4 Å². The molecule has 1 heterocycles. The smallest absolute Gasteiger partial charge is 0.271 e. The van der Waals surface area contributed by atoms with Crippen molar-refractivity contribution in [3.63, 3.8) is 0 Å². The molecule has 5 nitrogen and oxygen atoms in total. The van der Waals surface area contributed by atoms with E-state index in [-0.39, 0.29) is 18.2 Å². The summed E-state index contributed by atoms with van der Waals surface area (Å²) >= 11 is 6.14. The summed E-state index contributed by atoms with van der Waals surface area (Å²) in [5, 5.41) is 8.72. The lowest BCUT2D eigenvalue weighted by Gasteiger charge is -2.23. The fourth-order valence-electron chi connectivity index (χ4n) is 2.40. The zero-order chi connectivity index (χ0) is 17.1. The van der Waals surface area contributed by atoms with Gasteiger partial charge in [-0.05, 0) is 36.8 Å². The summed E-state index contributed by atoms with van der Waals surface area (Å²) < 4.78 is 0. The fourth-order valence-corrected chi connectivity index (χ4v) is 2.69. The topological polar surface area (TPSA) is 61.8 Å². The Morgan fingerprint density at radius 2 is 1.92 bits per heavy atom. The number of para-hydroxylation sites is 1. The third kappa shape index (κ3) is 3.46. The molecule has 0 fully saturated rings. The van der Waals surface area contributed by atoms with E-state index in [4.69, 9.17) is 11.6 Å². The predicted octanol–water partition coefficient (Wildman–Crippen LogP) is 3.77. The molecule has 2 aromatic carbocycles. The van der Waals surface area contributed by atoms with E-state index < -0.39 is 0 Å². The van der Waals surface area contributed by atoms with Crippen LogP contribution in [0.3, 0.4) is 0 Å². The molecular formula is C18H16ClN3O2. The molecule has 0 aliphatic carbocycles. The van der Waals surface area contributed by atoms with E-state index in [0.29, 0.717) is 28.5 Å². The molecule has 0 unspecified atom stereocenters. The highest BCUT2D eigenvalue weighted by molar-refractivity contribution is 6.45. The Bertz CT molecular complexity index is 818. The van der Waals surface area contributed by atoms with Crippen LogP contribution in [0.25, 0.3) is 0 Å². The van der Waals surface area contributed by atoms with Gasteiger partial charge < -0.3 is 5.32 Å². The summed E-state index contributed by atoms with van der Waals surface area (Å²) in [4.78, 5) is 24.5. The zero-order valence-electron chi connectivity index (χ0n) is 13.1. The first-order chi connectivity index (χ1) is 11.5. The molecule has 2 amide bonds. The van der Waals surface area contributed by atoms with Crippen LogP contribution in [0.4, 0.5) is 11.4 Å². The van der Waals surface area contributed by atoms with Gasteiger partial charge in [0.15, 0.2) is 0 Å². The summed E-state index contributed by atoms with van der Waals surface area (Å²) in [6.07, 6.45) is 0.542. The standard InChI is InChI=1S/C18H16ClN3O2/c1-12-7-8-15(14(19)11-12)20-18(24)16-9-10-17(23)22(21-16)13-5-3-2-4-6-13/h2-8,11H,9-10H2,1H3,(H,20,24). The van der Waals surface area contributed by atoms with Crippen molar-refractivity contribution in [1.29, 1.82) is 0 Å². The van der Waals surface area contributed by atoms with Gasteiger partial charge in [0, 0.05) is 12.8 Å². The average Bonchev–Trinajstić information content (AvgIpc) is 2.58. The van der Waals surface area contributed by atoms with E-state index in [1.165, 1.54) is 5.01 Å². The lowest BCUT2D eigenvalue weighted by atomic mass is 10.1. The highest BCUT2D eigenvalue weighted by Gasteiger charge is 2.25. The minimum absolute atomic E-state index is 0.133. The number of hydrazone groups is 1. The third-order valence-electron chi connectivity index (χ3n) is 3.67. The quantitative estimate of drug-likeness (QED) is 0.923. The molecule has 2 aromatic rings. The first kappa shape index (κ1) is 16.2. The number of carbonyl (C=O) groups is 2. The second-order valence-electron chi connectivity index (χ2n) is 5.53. The van der Waals surface area contributed by atoms with Crippen molar-refractivity contribution in [1.82, 2.24) is 0 Å². The highest BCUT2D eigenvalue weighted by Crippen LogP contribution is 2.24. The van der Waals surface area contributed by atoms with Crippen LogP contribution in [-0.2, 0) is 9.59 Å². The van der Waals surface area contributed by atoms with Crippen molar-refractivity contribution in [2.24, 2.45) is 5.10 Å². The number of nitrogens with one attached hydrogen (secondary N) is 1. The molecule has 0 atom stereocenters. The molecule has 0 saturated heterocycles. The molecule has 0 bridgehead atoms. The molecule has 0 radical (unpaired) electrons. The van der Waals surface area contributed by atoms with Crippen molar-refractivity contribution in [2.45, 2.75) is 19.8 Å². The number of rotatable bonds is 3. The minimum atomic E-state index is -0.353. The second-order valence-corrected chi connectivity index (χ2v) is 5.93. The summed E-state index contributed by atoms with van der Waals surface area (Å²) in [6.45, 7) is 1.92. The zero-order valence-corrected chi connectivity index (χ0v) is 13.9. The number of carbonyl (C=O) groups excluding carboxylic acids is 2. The number of hydrogen-bond donors (Lipinski definition) is 1. The van der Waals surface area contributed by atoms with Crippen LogP contribution in [0.15, 0.2) is 53.6 Å². The van der Waals surface area contributed by atoms with Gasteiger partial charge in [-0.3, -0.25) is 9.59 Å².